The van der Waals surface area contributed by atoms with Crippen LogP contribution in [0.2, 0.25) is 5.02 Å². The molecule has 0 radical (unpaired) electrons. The summed E-state index contributed by atoms with van der Waals surface area (Å²) in [5, 5.41) is 24.5. The molecule has 0 saturated heterocycles. The lowest BCUT2D eigenvalue weighted by atomic mass is 9.32. The van der Waals surface area contributed by atoms with E-state index in [-0.39, 0.29) is 76.8 Å². The number of rotatable bonds is 10. The molecule has 4 fully saturated rings. The van der Waals surface area contributed by atoms with E-state index in [9.17, 15) is 33.0 Å². The molecule has 12 heteroatoms. The van der Waals surface area contributed by atoms with Crippen molar-refractivity contribution in [3.05, 3.63) is 88.2 Å². The zero-order chi connectivity index (χ0) is 43.9. The van der Waals surface area contributed by atoms with Crippen LogP contribution < -0.4 is 4.74 Å². The number of hydrogen-bond donors (Lipinski definition) is 2. The van der Waals surface area contributed by atoms with E-state index in [2.05, 4.69) is 57.6 Å². The van der Waals surface area contributed by atoms with Crippen LogP contribution in [-0.2, 0) is 22.5 Å². The van der Waals surface area contributed by atoms with Crippen LogP contribution in [0, 0.1) is 57.1 Å². The van der Waals surface area contributed by atoms with Gasteiger partial charge in [-0.15, -0.1) is 13.2 Å². The molecular weight excluding hydrogens is 810 g/mol. The third kappa shape index (κ3) is 7.44. The quantitative estimate of drug-likeness (QED) is 0.182. The molecule has 2 bridgehead atoms. The second-order valence-electron chi connectivity index (χ2n) is 20.4. The lowest BCUT2D eigenvalue weighted by Crippen LogP contribution is -2.67. The van der Waals surface area contributed by atoms with E-state index < -0.39 is 46.2 Å². The van der Waals surface area contributed by atoms with Crippen LogP contribution in [0.5, 0.6) is 5.75 Å². The van der Waals surface area contributed by atoms with Crippen molar-refractivity contribution in [3.63, 3.8) is 0 Å². The van der Waals surface area contributed by atoms with Crippen LogP contribution in [0.4, 0.5) is 22.4 Å². The molecule has 0 aliphatic heterocycles. The molecule has 7 aliphatic carbocycles. The summed E-state index contributed by atoms with van der Waals surface area (Å²) in [6.45, 7) is 10.7. The maximum atomic E-state index is 15.3. The summed E-state index contributed by atoms with van der Waals surface area (Å²) in [6.07, 6.45) is 6.68. The minimum Gasteiger partial charge on any atom is -0.446 e. The molecule has 2 aromatic carbocycles. The van der Waals surface area contributed by atoms with Crippen LogP contribution in [-0.4, -0.2) is 57.7 Å². The van der Waals surface area contributed by atoms with Gasteiger partial charge in [0.25, 0.3) is 0 Å². The average molecular weight is 870 g/mol. The van der Waals surface area contributed by atoms with Crippen molar-refractivity contribution >= 4 is 23.5 Å². The summed E-state index contributed by atoms with van der Waals surface area (Å²) in [6, 6.07) is 9.81. The third-order valence-corrected chi connectivity index (χ3v) is 17.2. The van der Waals surface area contributed by atoms with E-state index in [1.54, 1.807) is 6.07 Å². The van der Waals surface area contributed by atoms with Crippen LogP contribution in [0.25, 0.3) is 0 Å². The van der Waals surface area contributed by atoms with Gasteiger partial charge in [-0.3, -0.25) is 4.79 Å². The van der Waals surface area contributed by atoms with Gasteiger partial charge in [0.15, 0.2) is 5.78 Å². The van der Waals surface area contributed by atoms with Gasteiger partial charge >= 0.3 is 12.5 Å². The molecule has 1 amide bonds. The van der Waals surface area contributed by atoms with Gasteiger partial charge in [-0.1, -0.05) is 89.1 Å². The lowest BCUT2D eigenvalue weighted by Gasteiger charge is -2.71. The first kappa shape index (κ1) is 44.2. The molecule has 7 aliphatic rings. The second kappa shape index (κ2) is 15.7. The summed E-state index contributed by atoms with van der Waals surface area (Å²) in [4.78, 5) is 31.0. The van der Waals surface area contributed by atoms with E-state index in [4.69, 9.17) is 16.3 Å². The highest BCUT2D eigenvalue weighted by Gasteiger charge is 2.74. The molecule has 11 atom stereocenters. The zero-order valence-electron chi connectivity index (χ0n) is 35.9. The Morgan fingerprint density at radius 1 is 0.951 bits per heavy atom. The van der Waals surface area contributed by atoms with Gasteiger partial charge in [0.05, 0.1) is 18.2 Å². The van der Waals surface area contributed by atoms with Crippen LogP contribution in [0.3, 0.4) is 0 Å². The van der Waals surface area contributed by atoms with Gasteiger partial charge in [-0.25, -0.2) is 9.18 Å². The Bertz CT molecular complexity index is 2070. The normalized spacial score (nSPS) is 37.7. The number of halogens is 5. The van der Waals surface area contributed by atoms with E-state index in [0.717, 1.165) is 19.3 Å². The molecule has 7 nitrogen and oxygen atoms in total. The fourth-order valence-corrected chi connectivity index (χ4v) is 13.8. The number of carbonyl (C=O) groups is 2. The first-order valence-corrected chi connectivity index (χ1v) is 22.6. The number of amides is 1. The standard InChI is InChI=1S/C49H60ClF4NO6/c1-29(2)34-14-9-30(3)23-40(34)60-43(58)55(27-31-10-12-33(13-11-31)61-49(52,53)54)28-47(59)20-17-42-45(47,5)19-16-41-44(4)18-15-32(56)25-46(44)21-22-48(41,42)36(26-46)39(57)24-35-37(50)7-6-8-38(35)51/h6-8,10-13,21-22,26,29-30,32,34,40-42,56,59H,9,14-20,23-25,27-28H2,1-5H3/t30-,32?,34+,40-,41+,42+,44+,45-,46-,47+,48+/m0/s1. The Labute approximate surface area is 361 Å². The fourth-order valence-electron chi connectivity index (χ4n) is 13.6. The molecule has 2 aromatic rings. The third-order valence-electron chi connectivity index (χ3n) is 16.9. The van der Waals surface area contributed by atoms with Gasteiger partial charge in [-0.05, 0) is 123 Å². The number of fused-ring (bicyclic) bond motifs is 1. The minimum absolute atomic E-state index is 0.00211. The van der Waals surface area contributed by atoms with E-state index in [0.29, 0.717) is 62.0 Å². The van der Waals surface area contributed by atoms with Crippen molar-refractivity contribution < 1.29 is 46.8 Å². The summed E-state index contributed by atoms with van der Waals surface area (Å²) in [5.74, 6) is -0.604. The minimum atomic E-state index is -4.86. The van der Waals surface area contributed by atoms with Gasteiger partial charge < -0.3 is 24.6 Å². The van der Waals surface area contributed by atoms with Crippen LogP contribution in [0.1, 0.15) is 110 Å². The number of hydrogen-bond acceptors (Lipinski definition) is 6. The van der Waals surface area contributed by atoms with Gasteiger partial charge in [0, 0.05) is 45.4 Å². The first-order valence-electron chi connectivity index (χ1n) is 22.2. The van der Waals surface area contributed by atoms with Gasteiger partial charge in [-0.2, -0.15) is 0 Å². The number of ketones is 1. The summed E-state index contributed by atoms with van der Waals surface area (Å²) in [7, 11) is 0. The van der Waals surface area contributed by atoms with Gasteiger partial charge in [0.2, 0.25) is 0 Å². The Hall–Kier alpha value is -3.41. The molecule has 1 unspecified atom stereocenters. The monoisotopic (exact) mass is 869 g/mol. The molecule has 0 aromatic heterocycles. The van der Waals surface area contributed by atoms with Crippen molar-refractivity contribution in [1.29, 1.82) is 0 Å². The van der Waals surface area contributed by atoms with Crippen LogP contribution in [0.15, 0.2) is 66.3 Å². The molecule has 0 heterocycles. The molecule has 2 N–H and O–H groups in total. The Morgan fingerprint density at radius 2 is 1.64 bits per heavy atom. The van der Waals surface area contributed by atoms with Crippen molar-refractivity contribution in [2.45, 2.75) is 136 Å². The number of aliphatic hydroxyl groups is 2. The maximum Gasteiger partial charge on any atom is 0.573 e. The fraction of sp³-hybridized carbons (Fsp3) is 0.633. The van der Waals surface area contributed by atoms with E-state index in [1.807, 2.05) is 0 Å². The Balaban J connectivity index is 1.15. The number of allylic oxidation sites excluding steroid dienone is 4. The predicted octanol–water partition coefficient (Wildman–Crippen LogP) is 11.2. The molecule has 2 spiro atoms. The second-order valence-corrected chi connectivity index (χ2v) is 20.8. The lowest BCUT2D eigenvalue weighted by molar-refractivity contribution is -0.274. The van der Waals surface area contributed by atoms with Crippen molar-refractivity contribution in [2.24, 2.45) is 51.2 Å². The average Bonchev–Trinajstić information content (AvgIpc) is 3.45. The Kier molecular flexibility index (Phi) is 11.4. The summed E-state index contributed by atoms with van der Waals surface area (Å²) in [5.41, 5.74) is -2.66. The van der Waals surface area contributed by atoms with Crippen LogP contribution >= 0.6 is 11.6 Å². The van der Waals surface area contributed by atoms with Crippen molar-refractivity contribution in [2.75, 3.05) is 6.54 Å². The summed E-state index contributed by atoms with van der Waals surface area (Å²) < 4.78 is 64.9. The number of carbonyl (C=O) groups excluding carboxylic acids is 2. The largest absolute Gasteiger partial charge is 0.573 e. The number of nitrogens with zero attached hydrogens (tertiary/aromatic N) is 1. The van der Waals surface area contributed by atoms with Gasteiger partial charge in [0.1, 0.15) is 17.7 Å². The number of Topliss-reactive ketones (excluding diaryl/α,β-unsaturated/α-hetero) is 1. The molecule has 332 valence electrons. The maximum absolute atomic E-state index is 15.3. The SMILES string of the molecule is CC(C)[C@H]1CC[C@H](C)C[C@@H]1OC(=O)N(Cc1ccc(OC(F)(F)F)cc1)C[C@]1(O)CC[C@H]2[C@]34C=C[C@@]5(C=C3C(=O)Cc3c(F)cccc3Cl)CC(O)CC[C@]5(C)[C@H]4CC[C@@]21C. The number of ether oxygens (including phenoxy) is 2. The smallest absolute Gasteiger partial charge is 0.446 e. The predicted molar refractivity (Wildman–Crippen MR) is 224 cm³/mol. The first-order chi connectivity index (χ1) is 28.6. The van der Waals surface area contributed by atoms with E-state index in [1.165, 1.54) is 41.3 Å². The molecule has 4 saturated carbocycles. The highest BCUT2D eigenvalue weighted by Crippen LogP contribution is 2.78. The zero-order valence-corrected chi connectivity index (χ0v) is 36.6. The summed E-state index contributed by atoms with van der Waals surface area (Å²) >= 11 is 6.50. The topological polar surface area (TPSA) is 96.3 Å². The molecule has 9 rings (SSSR count). The highest BCUT2D eigenvalue weighted by molar-refractivity contribution is 6.31. The molecule has 61 heavy (non-hydrogen) atoms. The van der Waals surface area contributed by atoms with Crippen molar-refractivity contribution in [3.8, 4) is 5.75 Å². The highest BCUT2D eigenvalue weighted by atomic mass is 35.5. The Morgan fingerprint density at radius 3 is 2.33 bits per heavy atom. The van der Waals surface area contributed by atoms with Crippen molar-refractivity contribution in [1.82, 2.24) is 4.90 Å². The van der Waals surface area contributed by atoms with E-state index >= 15 is 4.39 Å². The number of aliphatic hydroxyl groups excluding tert-OH is 1. The molecular formula is C49H60ClF4NO6. The number of benzene rings is 2. The number of alkyl halides is 3.